The molecule has 3 nitrogen and oxygen atoms in total. The number of hydrogen-bond donors (Lipinski definition) is 1. The lowest BCUT2D eigenvalue weighted by Gasteiger charge is -2.25. The molecule has 0 saturated carbocycles. The van der Waals surface area contributed by atoms with Crippen molar-refractivity contribution < 1.29 is 9.53 Å². The molecule has 3 aromatic rings. The zero-order chi connectivity index (χ0) is 21.8. The lowest BCUT2D eigenvalue weighted by Crippen LogP contribution is -2.39. The number of ether oxygens (including phenoxy) is 1. The average Bonchev–Trinajstić information content (AvgIpc) is 2.78. The molecule has 1 aliphatic rings. The summed E-state index contributed by atoms with van der Waals surface area (Å²) in [5, 5.41) is 3.25. The number of carbonyl (C=O) groups is 1. The average molecular weight is 414 g/mol. The Hall–Kier alpha value is -3.07. The van der Waals surface area contributed by atoms with E-state index in [2.05, 4.69) is 55.6 Å². The van der Waals surface area contributed by atoms with Crippen LogP contribution in [-0.4, -0.2) is 12.0 Å². The summed E-state index contributed by atoms with van der Waals surface area (Å²) in [7, 11) is 0. The first-order valence-corrected chi connectivity index (χ1v) is 11.2. The van der Waals surface area contributed by atoms with Crippen molar-refractivity contribution >= 4 is 5.91 Å². The topological polar surface area (TPSA) is 38.3 Å². The van der Waals surface area contributed by atoms with Crippen molar-refractivity contribution in [3.05, 3.63) is 100 Å². The SMILES string of the molecule is Cc1ccc([C@@H](NC(=O)[C@@H](C)Oc2cccc3c2CCCC3)c2ccccc2)c(C)c1. The summed E-state index contributed by atoms with van der Waals surface area (Å²) in [6.45, 7) is 6.02. The third-order valence-corrected chi connectivity index (χ3v) is 6.18. The Labute approximate surface area is 185 Å². The molecule has 1 N–H and O–H groups in total. The van der Waals surface area contributed by atoms with Crippen molar-refractivity contribution in [2.45, 2.75) is 58.6 Å². The van der Waals surface area contributed by atoms with E-state index < -0.39 is 6.10 Å². The van der Waals surface area contributed by atoms with Crippen LogP contribution in [0.1, 0.15) is 59.2 Å². The number of rotatable bonds is 6. The molecule has 4 rings (SSSR count). The van der Waals surface area contributed by atoms with Crippen LogP contribution in [-0.2, 0) is 17.6 Å². The fourth-order valence-electron chi connectivity index (χ4n) is 4.50. The van der Waals surface area contributed by atoms with Gasteiger partial charge in [-0.05, 0) is 80.3 Å². The van der Waals surface area contributed by atoms with E-state index in [4.69, 9.17) is 4.74 Å². The molecule has 2 atom stereocenters. The second kappa shape index (κ2) is 9.38. The molecule has 3 aromatic carbocycles. The van der Waals surface area contributed by atoms with Gasteiger partial charge < -0.3 is 10.1 Å². The Balaban J connectivity index is 1.56. The molecule has 0 unspecified atom stereocenters. The second-order valence-electron chi connectivity index (χ2n) is 8.57. The van der Waals surface area contributed by atoms with Gasteiger partial charge in [0.05, 0.1) is 6.04 Å². The van der Waals surface area contributed by atoms with Crippen molar-refractivity contribution in [3.63, 3.8) is 0 Å². The van der Waals surface area contributed by atoms with Gasteiger partial charge in [0, 0.05) is 0 Å². The van der Waals surface area contributed by atoms with Crippen LogP contribution in [0.4, 0.5) is 0 Å². The van der Waals surface area contributed by atoms with Gasteiger partial charge in [-0.3, -0.25) is 4.79 Å². The zero-order valence-corrected chi connectivity index (χ0v) is 18.7. The van der Waals surface area contributed by atoms with Gasteiger partial charge in [-0.2, -0.15) is 0 Å². The molecule has 0 aromatic heterocycles. The summed E-state index contributed by atoms with van der Waals surface area (Å²) in [5.41, 5.74) is 7.17. The molecule has 160 valence electrons. The summed E-state index contributed by atoms with van der Waals surface area (Å²) in [6, 6.07) is 22.5. The molecule has 0 radical (unpaired) electrons. The first-order chi connectivity index (χ1) is 15.0. The highest BCUT2D eigenvalue weighted by molar-refractivity contribution is 5.81. The summed E-state index contributed by atoms with van der Waals surface area (Å²) in [4.78, 5) is 13.2. The molecule has 1 aliphatic carbocycles. The summed E-state index contributed by atoms with van der Waals surface area (Å²) >= 11 is 0. The Bertz CT molecular complexity index is 1060. The predicted octanol–water partition coefficient (Wildman–Crippen LogP) is 5.86. The van der Waals surface area contributed by atoms with Gasteiger partial charge in [0.15, 0.2) is 6.10 Å². The zero-order valence-electron chi connectivity index (χ0n) is 18.7. The number of benzene rings is 3. The Morgan fingerprint density at radius 2 is 1.71 bits per heavy atom. The van der Waals surface area contributed by atoms with Gasteiger partial charge in [0.1, 0.15) is 5.75 Å². The van der Waals surface area contributed by atoms with Gasteiger partial charge in [-0.25, -0.2) is 0 Å². The highest BCUT2D eigenvalue weighted by Gasteiger charge is 2.24. The van der Waals surface area contributed by atoms with Crippen molar-refractivity contribution in [1.82, 2.24) is 5.32 Å². The quantitative estimate of drug-likeness (QED) is 0.550. The van der Waals surface area contributed by atoms with E-state index in [0.29, 0.717) is 0 Å². The Morgan fingerprint density at radius 1 is 0.935 bits per heavy atom. The van der Waals surface area contributed by atoms with Crippen LogP contribution in [0.5, 0.6) is 5.75 Å². The number of fused-ring (bicyclic) bond motifs is 1. The van der Waals surface area contributed by atoms with E-state index in [1.807, 2.05) is 37.3 Å². The van der Waals surface area contributed by atoms with Crippen LogP contribution in [0.2, 0.25) is 0 Å². The number of amides is 1. The van der Waals surface area contributed by atoms with Gasteiger partial charge in [-0.15, -0.1) is 0 Å². The maximum Gasteiger partial charge on any atom is 0.261 e. The number of carbonyl (C=O) groups excluding carboxylic acids is 1. The first kappa shape index (κ1) is 21.2. The number of aryl methyl sites for hydroxylation is 3. The number of nitrogens with one attached hydrogen (secondary N) is 1. The Kier molecular flexibility index (Phi) is 6.41. The second-order valence-corrected chi connectivity index (χ2v) is 8.57. The lowest BCUT2D eigenvalue weighted by atomic mass is 9.91. The maximum atomic E-state index is 13.2. The molecule has 31 heavy (non-hydrogen) atoms. The van der Waals surface area contributed by atoms with Gasteiger partial charge in [0.25, 0.3) is 5.91 Å². The van der Waals surface area contributed by atoms with E-state index in [0.717, 1.165) is 29.7 Å². The minimum Gasteiger partial charge on any atom is -0.481 e. The van der Waals surface area contributed by atoms with Crippen LogP contribution >= 0.6 is 0 Å². The molecular weight excluding hydrogens is 382 g/mol. The van der Waals surface area contributed by atoms with Crippen LogP contribution in [0.25, 0.3) is 0 Å². The van der Waals surface area contributed by atoms with Gasteiger partial charge in [0.2, 0.25) is 0 Å². The first-order valence-electron chi connectivity index (χ1n) is 11.2. The molecule has 0 saturated heterocycles. The fraction of sp³-hybridized carbons (Fsp3) is 0.321. The molecular formula is C28H31NO2. The minimum atomic E-state index is -0.578. The highest BCUT2D eigenvalue weighted by Crippen LogP contribution is 2.31. The van der Waals surface area contributed by atoms with Crippen molar-refractivity contribution in [2.24, 2.45) is 0 Å². The van der Waals surface area contributed by atoms with E-state index in [9.17, 15) is 4.79 Å². The van der Waals surface area contributed by atoms with E-state index in [1.165, 1.54) is 35.1 Å². The molecule has 0 fully saturated rings. The third kappa shape index (κ3) is 4.82. The largest absolute Gasteiger partial charge is 0.481 e. The van der Waals surface area contributed by atoms with Crippen LogP contribution in [0, 0.1) is 13.8 Å². The Morgan fingerprint density at radius 3 is 2.48 bits per heavy atom. The van der Waals surface area contributed by atoms with Crippen molar-refractivity contribution in [2.75, 3.05) is 0 Å². The van der Waals surface area contributed by atoms with Crippen LogP contribution < -0.4 is 10.1 Å². The van der Waals surface area contributed by atoms with Crippen LogP contribution in [0.15, 0.2) is 66.7 Å². The van der Waals surface area contributed by atoms with E-state index >= 15 is 0 Å². The molecule has 1 amide bonds. The monoisotopic (exact) mass is 413 g/mol. The molecule has 0 heterocycles. The van der Waals surface area contributed by atoms with Gasteiger partial charge >= 0.3 is 0 Å². The maximum absolute atomic E-state index is 13.2. The molecule has 0 bridgehead atoms. The minimum absolute atomic E-state index is 0.109. The molecule has 3 heteroatoms. The smallest absolute Gasteiger partial charge is 0.261 e. The predicted molar refractivity (Wildman–Crippen MR) is 126 cm³/mol. The van der Waals surface area contributed by atoms with Crippen molar-refractivity contribution in [1.29, 1.82) is 0 Å². The van der Waals surface area contributed by atoms with Gasteiger partial charge in [-0.1, -0.05) is 66.2 Å². The standard InChI is InChI=1S/C28H31NO2/c1-19-16-17-24(20(2)18-19)27(23-11-5-4-6-12-23)29-28(30)21(3)31-26-15-9-13-22-10-7-8-14-25(22)26/h4-6,9,11-13,15-18,21,27H,7-8,10,14H2,1-3H3,(H,29,30)/t21-,27+/m1/s1. The highest BCUT2D eigenvalue weighted by atomic mass is 16.5. The summed E-state index contributed by atoms with van der Waals surface area (Å²) < 4.78 is 6.18. The van der Waals surface area contributed by atoms with E-state index in [1.54, 1.807) is 0 Å². The normalized spacial score (nSPS) is 14.9. The van der Waals surface area contributed by atoms with Crippen molar-refractivity contribution in [3.8, 4) is 5.75 Å². The van der Waals surface area contributed by atoms with Crippen LogP contribution in [0.3, 0.4) is 0 Å². The summed E-state index contributed by atoms with van der Waals surface area (Å²) in [6.07, 6.45) is 3.94. The molecule has 0 aliphatic heterocycles. The summed E-state index contributed by atoms with van der Waals surface area (Å²) in [5.74, 6) is 0.741. The molecule has 0 spiro atoms. The third-order valence-electron chi connectivity index (χ3n) is 6.18. The lowest BCUT2D eigenvalue weighted by molar-refractivity contribution is -0.127. The fourth-order valence-corrected chi connectivity index (χ4v) is 4.50. The van der Waals surface area contributed by atoms with E-state index in [-0.39, 0.29) is 11.9 Å². The number of hydrogen-bond acceptors (Lipinski definition) is 2.